The average Bonchev–Trinajstić information content (AvgIpc) is 3.60. The maximum atomic E-state index is 5.12. The Labute approximate surface area is 308 Å². The smallest absolute Gasteiger partial charge is 0.160 e. The molecule has 0 unspecified atom stereocenters. The van der Waals surface area contributed by atoms with Crippen molar-refractivity contribution in [2.24, 2.45) is 0 Å². The van der Waals surface area contributed by atoms with Crippen molar-refractivity contribution in [3.63, 3.8) is 0 Å². The Bertz CT molecular complexity index is 2740. The van der Waals surface area contributed by atoms with Crippen LogP contribution < -0.4 is 0 Å². The Morgan fingerprint density at radius 1 is 0.472 bits per heavy atom. The van der Waals surface area contributed by atoms with Crippen molar-refractivity contribution in [1.29, 1.82) is 0 Å². The molecule has 0 aliphatic carbocycles. The molecule has 0 bridgehead atoms. The summed E-state index contributed by atoms with van der Waals surface area (Å²) < 4.78 is 2.15. The summed E-state index contributed by atoms with van der Waals surface area (Å²) in [5.74, 6) is 2.98. The molecular formula is C47H38N6. The van der Waals surface area contributed by atoms with E-state index < -0.39 is 0 Å². The van der Waals surface area contributed by atoms with Crippen molar-refractivity contribution in [1.82, 2.24) is 29.5 Å². The molecule has 0 amide bonds. The third-order valence-electron chi connectivity index (χ3n) is 10.2. The van der Waals surface area contributed by atoms with Crippen LogP contribution >= 0.6 is 0 Å². The summed E-state index contributed by atoms with van der Waals surface area (Å²) in [5, 5.41) is 4.44. The monoisotopic (exact) mass is 686 g/mol. The van der Waals surface area contributed by atoms with Gasteiger partial charge in [0.2, 0.25) is 0 Å². The van der Waals surface area contributed by atoms with Gasteiger partial charge in [0.05, 0.1) is 29.1 Å². The molecule has 53 heavy (non-hydrogen) atoms. The summed E-state index contributed by atoms with van der Waals surface area (Å²) in [7, 11) is 0. The van der Waals surface area contributed by atoms with E-state index in [1.54, 1.807) is 12.4 Å². The molecule has 3 aromatic heterocycles. The van der Waals surface area contributed by atoms with Gasteiger partial charge in [-0.1, -0.05) is 125 Å². The average molecular weight is 687 g/mol. The summed E-state index contributed by atoms with van der Waals surface area (Å²) in [4.78, 5) is 24.5. The van der Waals surface area contributed by atoms with E-state index in [0.29, 0.717) is 23.5 Å². The molecule has 0 spiro atoms. The van der Waals surface area contributed by atoms with Crippen molar-refractivity contribution >= 4 is 32.6 Å². The minimum atomic E-state index is 0.388. The van der Waals surface area contributed by atoms with Gasteiger partial charge in [-0.3, -0.25) is 4.57 Å². The topological polar surface area (TPSA) is 69.4 Å². The first-order chi connectivity index (χ1) is 25.9. The van der Waals surface area contributed by atoms with E-state index >= 15 is 0 Å². The third-order valence-corrected chi connectivity index (χ3v) is 10.2. The van der Waals surface area contributed by atoms with Crippen LogP contribution in [0.5, 0.6) is 0 Å². The molecule has 6 nitrogen and oxygen atoms in total. The second-order valence-corrected chi connectivity index (χ2v) is 14.2. The van der Waals surface area contributed by atoms with Gasteiger partial charge in [0.25, 0.3) is 0 Å². The normalized spacial score (nSPS) is 11.7. The molecule has 6 heteroatoms. The number of rotatable bonds is 7. The second kappa shape index (κ2) is 13.2. The standard InChI is InChI=1S/C47H38N6/c1-29(2)33-23-34(30(3)4)25-35(24-33)43-37-15-8-9-16-38(37)44(39-20-19-32(26-40(39)43)45-48-21-12-22-49-45)46-50-27-36(28-51-46)53-42-18-11-10-17-41(42)52-47(53)31-13-6-5-7-14-31/h5-30H,1-4H3. The minimum Gasteiger partial charge on any atom is -0.289 e. The number of fused-ring (bicyclic) bond motifs is 3. The molecule has 6 aromatic carbocycles. The van der Waals surface area contributed by atoms with Gasteiger partial charge in [-0.05, 0) is 79.9 Å². The summed E-state index contributed by atoms with van der Waals surface area (Å²) in [6, 6.07) is 42.6. The minimum absolute atomic E-state index is 0.388. The van der Waals surface area contributed by atoms with E-state index in [1.165, 1.54) is 22.3 Å². The summed E-state index contributed by atoms with van der Waals surface area (Å²) >= 11 is 0. The molecule has 9 aromatic rings. The van der Waals surface area contributed by atoms with Gasteiger partial charge in [0.1, 0.15) is 5.82 Å². The van der Waals surface area contributed by atoms with Crippen LogP contribution in [0.25, 0.3) is 83.6 Å². The van der Waals surface area contributed by atoms with E-state index in [1.807, 2.05) is 54.9 Å². The number of para-hydroxylation sites is 2. The summed E-state index contributed by atoms with van der Waals surface area (Å²) in [6.07, 6.45) is 7.43. The molecule has 3 heterocycles. The first-order valence-electron chi connectivity index (χ1n) is 18.2. The molecule has 0 aliphatic rings. The van der Waals surface area contributed by atoms with Crippen molar-refractivity contribution < 1.29 is 0 Å². The molecule has 0 radical (unpaired) electrons. The number of benzene rings is 6. The lowest BCUT2D eigenvalue weighted by molar-refractivity contribution is 0.835. The number of nitrogens with zero attached hydrogens (tertiary/aromatic N) is 6. The third kappa shape index (κ3) is 5.73. The number of hydrogen-bond acceptors (Lipinski definition) is 5. The second-order valence-electron chi connectivity index (χ2n) is 14.2. The fraction of sp³-hybridized carbons (Fsp3) is 0.128. The highest BCUT2D eigenvalue weighted by Crippen LogP contribution is 2.45. The highest BCUT2D eigenvalue weighted by molar-refractivity contribution is 6.21. The van der Waals surface area contributed by atoms with Crippen molar-refractivity contribution in [3.05, 3.63) is 157 Å². The van der Waals surface area contributed by atoms with E-state index in [2.05, 4.69) is 121 Å². The Morgan fingerprint density at radius 2 is 1.09 bits per heavy atom. The lowest BCUT2D eigenvalue weighted by atomic mass is 9.84. The largest absolute Gasteiger partial charge is 0.289 e. The molecule has 9 rings (SSSR count). The fourth-order valence-electron chi connectivity index (χ4n) is 7.44. The maximum absolute atomic E-state index is 5.12. The Hall–Kier alpha value is -6.53. The van der Waals surface area contributed by atoms with Gasteiger partial charge in [0.15, 0.2) is 11.6 Å². The predicted molar refractivity (Wildman–Crippen MR) is 217 cm³/mol. The van der Waals surface area contributed by atoms with Gasteiger partial charge in [0, 0.05) is 29.1 Å². The Balaban J connectivity index is 1.30. The van der Waals surface area contributed by atoms with Gasteiger partial charge in [-0.15, -0.1) is 0 Å². The number of hydrogen-bond donors (Lipinski definition) is 0. The van der Waals surface area contributed by atoms with Crippen LogP contribution in [0.15, 0.2) is 146 Å². The Morgan fingerprint density at radius 3 is 1.79 bits per heavy atom. The van der Waals surface area contributed by atoms with Crippen molar-refractivity contribution in [2.45, 2.75) is 39.5 Å². The zero-order valence-electron chi connectivity index (χ0n) is 30.2. The fourth-order valence-corrected chi connectivity index (χ4v) is 7.44. The van der Waals surface area contributed by atoms with Crippen LogP contribution in [0.4, 0.5) is 0 Å². The van der Waals surface area contributed by atoms with Crippen molar-refractivity contribution in [2.75, 3.05) is 0 Å². The first-order valence-corrected chi connectivity index (χ1v) is 18.2. The molecular weight excluding hydrogens is 649 g/mol. The number of aromatic nitrogens is 6. The molecule has 0 saturated carbocycles. The SMILES string of the molecule is CC(C)c1cc(-c2c3ccccc3c(-c3ncc(-n4c(-c5ccccc5)nc5ccccc54)cn3)c3ccc(-c4ncccn4)cc23)cc(C(C)C)c1. The van der Waals surface area contributed by atoms with Gasteiger partial charge < -0.3 is 0 Å². The van der Waals surface area contributed by atoms with E-state index in [0.717, 1.165) is 60.8 Å². The van der Waals surface area contributed by atoms with E-state index in [9.17, 15) is 0 Å². The van der Waals surface area contributed by atoms with Gasteiger partial charge in [-0.2, -0.15) is 0 Å². The lowest BCUT2D eigenvalue weighted by Gasteiger charge is -2.20. The Kier molecular flexibility index (Phi) is 8.08. The zero-order chi connectivity index (χ0) is 36.1. The van der Waals surface area contributed by atoms with Crippen LogP contribution in [0.2, 0.25) is 0 Å². The molecule has 0 saturated heterocycles. The number of imidazole rings is 1. The maximum Gasteiger partial charge on any atom is 0.160 e. The van der Waals surface area contributed by atoms with Crippen LogP contribution in [0.1, 0.15) is 50.7 Å². The predicted octanol–water partition coefficient (Wildman–Crippen LogP) is 11.8. The van der Waals surface area contributed by atoms with E-state index in [4.69, 9.17) is 15.0 Å². The first kappa shape index (κ1) is 32.4. The highest BCUT2D eigenvalue weighted by Gasteiger charge is 2.22. The van der Waals surface area contributed by atoms with Crippen LogP contribution in [0.3, 0.4) is 0 Å². The zero-order valence-corrected chi connectivity index (χ0v) is 30.2. The quantitative estimate of drug-likeness (QED) is 0.156. The highest BCUT2D eigenvalue weighted by atomic mass is 15.1. The van der Waals surface area contributed by atoms with E-state index in [-0.39, 0.29) is 0 Å². The van der Waals surface area contributed by atoms with Crippen molar-refractivity contribution in [3.8, 4) is 51.0 Å². The molecule has 0 atom stereocenters. The molecule has 256 valence electrons. The van der Waals surface area contributed by atoms with Gasteiger partial charge >= 0.3 is 0 Å². The lowest BCUT2D eigenvalue weighted by Crippen LogP contribution is -2.01. The van der Waals surface area contributed by atoms with Crippen LogP contribution in [-0.4, -0.2) is 29.5 Å². The molecule has 0 aliphatic heterocycles. The molecule has 0 N–H and O–H groups in total. The van der Waals surface area contributed by atoms with Crippen LogP contribution in [-0.2, 0) is 0 Å². The summed E-state index contributed by atoms with van der Waals surface area (Å²) in [6.45, 7) is 9.07. The summed E-state index contributed by atoms with van der Waals surface area (Å²) in [5.41, 5.74) is 10.8. The molecule has 0 fully saturated rings. The van der Waals surface area contributed by atoms with Crippen LogP contribution in [0, 0.1) is 0 Å². The van der Waals surface area contributed by atoms with Gasteiger partial charge in [-0.25, -0.2) is 24.9 Å².